The molecule has 1 rings (SSSR count). The Bertz CT molecular complexity index is 562. The molecular weight excluding hydrogens is 295 g/mol. The Labute approximate surface area is 105 Å². The highest BCUT2D eigenvalue weighted by Gasteiger charge is 2.17. The molecule has 0 fully saturated rings. The fraction of sp³-hybridized carbons (Fsp3) is 0.222. The van der Waals surface area contributed by atoms with Crippen LogP contribution in [0.4, 0.5) is 13.2 Å². The lowest BCUT2D eigenvalue weighted by Crippen LogP contribution is -2.29. The van der Waals surface area contributed by atoms with Crippen LogP contribution in [0.2, 0.25) is 0 Å². The number of amides is 1. The third kappa shape index (κ3) is 3.88. The second-order valence-corrected chi connectivity index (χ2v) is 5.75. The maximum Gasteiger partial charge on any atom is 0.261 e. The highest BCUT2D eigenvalue weighted by atomic mass is 35.7. The lowest BCUT2D eigenvalue weighted by molar-refractivity contribution is 0.0887. The van der Waals surface area contributed by atoms with E-state index in [-0.39, 0.29) is 0 Å². The predicted molar refractivity (Wildman–Crippen MR) is 57.8 cm³/mol. The summed E-state index contributed by atoms with van der Waals surface area (Å²) in [7, 11) is 0.858. The first kappa shape index (κ1) is 14.8. The maximum absolute atomic E-state index is 13.4. The monoisotopic (exact) mass is 301 g/mol. The maximum atomic E-state index is 13.4. The van der Waals surface area contributed by atoms with Gasteiger partial charge in [-0.25, -0.2) is 21.6 Å². The number of hydrogen-bond acceptors (Lipinski definition) is 3. The summed E-state index contributed by atoms with van der Waals surface area (Å²) < 4.78 is 58.8. The van der Waals surface area contributed by atoms with Crippen molar-refractivity contribution in [3.8, 4) is 0 Å². The molecule has 1 aromatic rings. The van der Waals surface area contributed by atoms with Crippen molar-refractivity contribution < 1.29 is 26.4 Å². The first-order chi connectivity index (χ1) is 8.21. The van der Waals surface area contributed by atoms with Gasteiger partial charge >= 0.3 is 0 Å². The minimum absolute atomic E-state index is 0.521. The zero-order valence-electron chi connectivity index (χ0n) is 8.66. The van der Waals surface area contributed by atoms with Gasteiger partial charge in [-0.3, -0.25) is 4.79 Å². The molecular formula is C9H7ClF3NO3S. The van der Waals surface area contributed by atoms with E-state index in [0.29, 0.717) is 6.07 Å². The molecule has 0 aliphatic heterocycles. The Balaban J connectivity index is 2.96. The van der Waals surface area contributed by atoms with E-state index in [1.54, 1.807) is 5.32 Å². The minimum atomic E-state index is -4.11. The molecule has 1 N–H and O–H groups in total. The third-order valence-electron chi connectivity index (χ3n) is 1.88. The molecule has 0 aliphatic carbocycles. The van der Waals surface area contributed by atoms with Gasteiger partial charge in [-0.05, 0) is 18.2 Å². The van der Waals surface area contributed by atoms with Crippen molar-refractivity contribution in [2.24, 2.45) is 0 Å². The topological polar surface area (TPSA) is 63.2 Å². The van der Waals surface area contributed by atoms with Gasteiger partial charge in [0, 0.05) is 10.7 Å². The van der Waals surface area contributed by atoms with E-state index in [1.807, 2.05) is 0 Å². The second kappa shape index (κ2) is 5.57. The molecule has 1 aromatic carbocycles. The van der Waals surface area contributed by atoms with Crippen molar-refractivity contribution >= 4 is 25.6 Å². The molecule has 0 radical (unpaired) electrons. The van der Waals surface area contributed by atoms with E-state index in [0.717, 1.165) is 12.1 Å². The molecule has 0 saturated heterocycles. The van der Waals surface area contributed by atoms with Crippen LogP contribution in [0.5, 0.6) is 0 Å². The van der Waals surface area contributed by atoms with Gasteiger partial charge in [-0.15, -0.1) is 0 Å². The summed E-state index contributed by atoms with van der Waals surface area (Å²) >= 11 is 0. The highest BCUT2D eigenvalue weighted by Crippen LogP contribution is 2.18. The Morgan fingerprint density at radius 2 is 2.00 bits per heavy atom. The van der Waals surface area contributed by atoms with Crippen LogP contribution in [0, 0.1) is 5.82 Å². The van der Waals surface area contributed by atoms with E-state index in [4.69, 9.17) is 10.7 Å². The molecule has 0 aromatic heterocycles. The molecule has 1 amide bonds. The van der Waals surface area contributed by atoms with Gasteiger partial charge in [0.25, 0.3) is 21.4 Å². The van der Waals surface area contributed by atoms with E-state index >= 15 is 0 Å². The van der Waals surface area contributed by atoms with Crippen molar-refractivity contribution in [2.75, 3.05) is 6.54 Å². The lowest BCUT2D eigenvalue weighted by atomic mass is 10.2. The smallest absolute Gasteiger partial charge is 0.261 e. The first-order valence-electron chi connectivity index (χ1n) is 4.52. The molecule has 0 saturated carbocycles. The number of benzene rings is 1. The summed E-state index contributed by atoms with van der Waals surface area (Å²) in [6.07, 6.45) is -2.76. The van der Waals surface area contributed by atoms with Gasteiger partial charge in [0.1, 0.15) is 5.82 Å². The second-order valence-electron chi connectivity index (χ2n) is 3.18. The Morgan fingerprint density at radius 1 is 1.39 bits per heavy atom. The fourth-order valence-corrected chi connectivity index (χ4v) is 1.86. The summed E-state index contributed by atoms with van der Waals surface area (Å²) in [5.41, 5.74) is -0.542. The normalized spacial score (nSPS) is 11.6. The number of carbonyl (C=O) groups excluding carboxylic acids is 1. The van der Waals surface area contributed by atoms with Gasteiger partial charge in [-0.2, -0.15) is 0 Å². The summed E-state index contributed by atoms with van der Waals surface area (Å²) in [6.45, 7) is -0.923. The fourth-order valence-electron chi connectivity index (χ4n) is 1.10. The number of halogens is 4. The molecule has 0 bridgehead atoms. The summed E-state index contributed by atoms with van der Waals surface area (Å²) in [5, 5.41) is 1.79. The van der Waals surface area contributed by atoms with Gasteiger partial charge in [0.05, 0.1) is 17.0 Å². The molecule has 0 atom stereocenters. The number of hydrogen-bond donors (Lipinski definition) is 1. The largest absolute Gasteiger partial charge is 0.346 e. The Hall–Kier alpha value is -1.28. The quantitative estimate of drug-likeness (QED) is 0.862. The number of rotatable bonds is 4. The number of carbonyl (C=O) groups is 1. The average Bonchev–Trinajstić information content (AvgIpc) is 2.24. The SMILES string of the molecule is O=C(NCC(F)F)c1ccc(S(=O)(=O)Cl)cc1F. The van der Waals surface area contributed by atoms with Crippen molar-refractivity contribution in [1.29, 1.82) is 0 Å². The number of alkyl halides is 2. The standard InChI is InChI=1S/C9H7ClF3NO3S/c10-18(16,17)5-1-2-6(7(11)3-5)9(15)14-4-8(12)13/h1-3,8H,4H2,(H,14,15). The zero-order chi connectivity index (χ0) is 13.9. The molecule has 0 spiro atoms. The Morgan fingerprint density at radius 3 is 2.44 bits per heavy atom. The van der Waals surface area contributed by atoms with Crippen LogP contribution in [0.15, 0.2) is 23.1 Å². The lowest BCUT2D eigenvalue weighted by Gasteiger charge is -2.06. The van der Waals surface area contributed by atoms with E-state index in [1.165, 1.54) is 0 Å². The first-order valence-corrected chi connectivity index (χ1v) is 6.83. The molecule has 0 unspecified atom stereocenters. The van der Waals surface area contributed by atoms with Crippen LogP contribution < -0.4 is 5.32 Å². The summed E-state index contributed by atoms with van der Waals surface area (Å²) in [4.78, 5) is 10.7. The van der Waals surface area contributed by atoms with Crippen LogP contribution in [0.3, 0.4) is 0 Å². The van der Waals surface area contributed by atoms with Crippen LogP contribution in [0.25, 0.3) is 0 Å². The average molecular weight is 302 g/mol. The van der Waals surface area contributed by atoms with E-state index in [9.17, 15) is 26.4 Å². The van der Waals surface area contributed by atoms with E-state index in [2.05, 4.69) is 0 Å². The van der Waals surface area contributed by atoms with Gasteiger partial charge in [0.2, 0.25) is 0 Å². The summed E-state index contributed by atoms with van der Waals surface area (Å²) in [5.74, 6) is -2.23. The Kier molecular flexibility index (Phi) is 4.58. The summed E-state index contributed by atoms with van der Waals surface area (Å²) in [6, 6.07) is 2.30. The van der Waals surface area contributed by atoms with Gasteiger partial charge in [0.15, 0.2) is 0 Å². The van der Waals surface area contributed by atoms with Crippen molar-refractivity contribution in [1.82, 2.24) is 5.32 Å². The van der Waals surface area contributed by atoms with Crippen molar-refractivity contribution in [3.05, 3.63) is 29.6 Å². The van der Waals surface area contributed by atoms with Gasteiger partial charge < -0.3 is 5.32 Å². The molecule has 0 heterocycles. The molecule has 9 heteroatoms. The van der Waals surface area contributed by atoms with Crippen molar-refractivity contribution in [2.45, 2.75) is 11.3 Å². The van der Waals surface area contributed by atoms with Crippen LogP contribution in [-0.2, 0) is 9.05 Å². The van der Waals surface area contributed by atoms with Crippen LogP contribution >= 0.6 is 10.7 Å². The van der Waals surface area contributed by atoms with Gasteiger partial charge in [-0.1, -0.05) is 0 Å². The third-order valence-corrected chi connectivity index (χ3v) is 3.24. The van der Waals surface area contributed by atoms with Crippen LogP contribution in [-0.4, -0.2) is 27.3 Å². The number of nitrogens with one attached hydrogen (secondary N) is 1. The highest BCUT2D eigenvalue weighted by molar-refractivity contribution is 8.13. The van der Waals surface area contributed by atoms with E-state index < -0.39 is 44.2 Å². The minimum Gasteiger partial charge on any atom is -0.346 e. The molecule has 0 aliphatic rings. The molecule has 100 valence electrons. The zero-order valence-corrected chi connectivity index (χ0v) is 10.2. The molecule has 18 heavy (non-hydrogen) atoms. The molecule has 4 nitrogen and oxygen atoms in total. The van der Waals surface area contributed by atoms with Crippen LogP contribution in [0.1, 0.15) is 10.4 Å². The van der Waals surface area contributed by atoms with Crippen molar-refractivity contribution in [3.63, 3.8) is 0 Å². The predicted octanol–water partition coefficient (Wildman–Crippen LogP) is 1.75.